The minimum Gasteiger partial charge on any atom is -0.383 e. The highest BCUT2D eigenvalue weighted by Crippen LogP contribution is 2.32. The zero-order valence-electron chi connectivity index (χ0n) is 14.1. The molecule has 1 aromatic carbocycles. The van der Waals surface area contributed by atoms with Crippen molar-refractivity contribution in [3.8, 4) is 11.3 Å². The van der Waals surface area contributed by atoms with E-state index in [1.54, 1.807) is 0 Å². The molecular formula is C18H27N3. The lowest BCUT2D eigenvalue weighted by atomic mass is 9.95. The number of nitrogens with two attached hydrogens (primary N) is 1. The summed E-state index contributed by atoms with van der Waals surface area (Å²) in [6.07, 6.45) is 0. The third-order valence-corrected chi connectivity index (χ3v) is 3.84. The Labute approximate surface area is 128 Å². The van der Waals surface area contributed by atoms with Gasteiger partial charge in [-0.15, -0.1) is 0 Å². The van der Waals surface area contributed by atoms with Crippen LogP contribution in [0.3, 0.4) is 0 Å². The Kier molecular flexibility index (Phi) is 4.13. The van der Waals surface area contributed by atoms with Crippen molar-refractivity contribution in [2.24, 2.45) is 0 Å². The molecule has 2 rings (SSSR count). The fourth-order valence-electron chi connectivity index (χ4n) is 2.60. The Morgan fingerprint density at radius 1 is 1.14 bits per heavy atom. The largest absolute Gasteiger partial charge is 0.383 e. The van der Waals surface area contributed by atoms with Crippen LogP contribution in [0.1, 0.15) is 58.8 Å². The summed E-state index contributed by atoms with van der Waals surface area (Å²) in [5, 5.41) is 0. The van der Waals surface area contributed by atoms with E-state index in [9.17, 15) is 0 Å². The summed E-state index contributed by atoms with van der Waals surface area (Å²) in [6, 6.07) is 8.59. The van der Waals surface area contributed by atoms with Gasteiger partial charge in [0.25, 0.3) is 0 Å². The van der Waals surface area contributed by atoms with Gasteiger partial charge in [0.1, 0.15) is 17.3 Å². The highest BCUT2D eigenvalue weighted by atomic mass is 15.1. The van der Waals surface area contributed by atoms with Crippen molar-refractivity contribution in [3.63, 3.8) is 0 Å². The number of nitrogens with zero attached hydrogens (tertiary/aromatic N) is 2. The van der Waals surface area contributed by atoms with Gasteiger partial charge in [-0.2, -0.15) is 0 Å². The van der Waals surface area contributed by atoms with Gasteiger partial charge in [-0.1, -0.05) is 58.9 Å². The van der Waals surface area contributed by atoms with Crippen LogP contribution in [0.2, 0.25) is 0 Å². The molecule has 3 nitrogen and oxygen atoms in total. The molecule has 2 N–H and O–H groups in total. The van der Waals surface area contributed by atoms with E-state index in [1.165, 1.54) is 5.56 Å². The monoisotopic (exact) mass is 285 g/mol. The summed E-state index contributed by atoms with van der Waals surface area (Å²) in [5.74, 6) is 2.35. The Morgan fingerprint density at radius 2 is 1.71 bits per heavy atom. The van der Waals surface area contributed by atoms with Crippen LogP contribution in [0.25, 0.3) is 11.3 Å². The molecule has 0 unspecified atom stereocenters. The third-order valence-electron chi connectivity index (χ3n) is 3.84. The van der Waals surface area contributed by atoms with Crippen molar-refractivity contribution in [1.29, 1.82) is 0 Å². The third kappa shape index (κ3) is 2.97. The Morgan fingerprint density at radius 3 is 2.10 bits per heavy atom. The van der Waals surface area contributed by atoms with Crippen molar-refractivity contribution in [2.45, 2.75) is 59.4 Å². The zero-order valence-corrected chi connectivity index (χ0v) is 14.1. The smallest absolute Gasteiger partial charge is 0.131 e. The molecule has 114 valence electrons. The maximum absolute atomic E-state index is 6.34. The molecular weight excluding hydrogens is 258 g/mol. The Hall–Kier alpha value is -1.77. The van der Waals surface area contributed by atoms with Gasteiger partial charge in [-0.3, -0.25) is 0 Å². The van der Waals surface area contributed by atoms with E-state index < -0.39 is 0 Å². The molecule has 2 aromatic rings. The summed E-state index contributed by atoms with van der Waals surface area (Å²) in [7, 11) is 0. The van der Waals surface area contributed by atoms with Crippen LogP contribution < -0.4 is 5.73 Å². The molecule has 21 heavy (non-hydrogen) atoms. The maximum atomic E-state index is 6.34. The fourth-order valence-corrected chi connectivity index (χ4v) is 2.60. The number of rotatable bonds is 3. The highest BCUT2D eigenvalue weighted by molar-refractivity contribution is 5.71. The summed E-state index contributed by atoms with van der Waals surface area (Å²) in [4.78, 5) is 4.83. The van der Waals surface area contributed by atoms with Gasteiger partial charge in [0.15, 0.2) is 0 Å². The van der Waals surface area contributed by atoms with E-state index in [0.29, 0.717) is 5.92 Å². The van der Waals surface area contributed by atoms with Crippen LogP contribution in [0.4, 0.5) is 5.82 Å². The van der Waals surface area contributed by atoms with Crippen molar-refractivity contribution in [2.75, 3.05) is 5.73 Å². The summed E-state index contributed by atoms with van der Waals surface area (Å²) < 4.78 is 2.12. The van der Waals surface area contributed by atoms with Gasteiger partial charge < -0.3 is 10.3 Å². The lowest BCUT2D eigenvalue weighted by molar-refractivity contribution is 0.509. The number of hydrogen-bond acceptors (Lipinski definition) is 2. The number of aromatic nitrogens is 2. The summed E-state index contributed by atoms with van der Waals surface area (Å²) >= 11 is 0. The highest BCUT2D eigenvalue weighted by Gasteiger charge is 2.24. The van der Waals surface area contributed by atoms with E-state index in [-0.39, 0.29) is 5.41 Å². The predicted octanol–water partition coefficient (Wildman–Crippen LogP) is 4.57. The van der Waals surface area contributed by atoms with Gasteiger partial charge >= 0.3 is 0 Å². The molecule has 1 heterocycles. The van der Waals surface area contributed by atoms with Gasteiger partial charge in [0, 0.05) is 17.5 Å². The first kappa shape index (κ1) is 15.6. The maximum Gasteiger partial charge on any atom is 0.131 e. The molecule has 0 amide bonds. The van der Waals surface area contributed by atoms with Gasteiger partial charge in [0.05, 0.1) is 0 Å². The summed E-state index contributed by atoms with van der Waals surface area (Å²) in [6.45, 7) is 13.9. The molecule has 0 radical (unpaired) electrons. The second-order valence-electron chi connectivity index (χ2n) is 6.94. The molecule has 1 aromatic heterocycles. The van der Waals surface area contributed by atoms with Crippen LogP contribution in [0.5, 0.6) is 0 Å². The molecule has 0 atom stereocenters. The minimum absolute atomic E-state index is 0.0136. The van der Waals surface area contributed by atoms with Gasteiger partial charge in [-0.05, 0) is 18.4 Å². The van der Waals surface area contributed by atoms with Crippen LogP contribution in [-0.2, 0) is 12.0 Å². The van der Waals surface area contributed by atoms with Crippen molar-refractivity contribution in [3.05, 3.63) is 35.7 Å². The zero-order chi connectivity index (χ0) is 15.8. The molecule has 0 spiro atoms. The molecule has 0 bridgehead atoms. The first-order valence-electron chi connectivity index (χ1n) is 7.72. The fraction of sp³-hybridized carbons (Fsp3) is 0.500. The minimum atomic E-state index is -0.0136. The SMILES string of the molecule is CCn1c(C(C)(C)C)nc(-c2ccc(C(C)C)cc2)c1N. The van der Waals surface area contributed by atoms with E-state index in [0.717, 1.165) is 29.4 Å². The number of anilines is 1. The van der Waals surface area contributed by atoms with Crippen LogP contribution in [0, 0.1) is 0 Å². The lowest BCUT2D eigenvalue weighted by Crippen LogP contribution is -2.19. The van der Waals surface area contributed by atoms with Crippen molar-refractivity contribution in [1.82, 2.24) is 9.55 Å². The molecule has 0 saturated heterocycles. The normalized spacial score (nSPS) is 12.1. The van der Waals surface area contributed by atoms with E-state index >= 15 is 0 Å². The number of nitrogen functional groups attached to an aromatic ring is 1. The Bertz CT molecular complexity index is 613. The number of benzene rings is 1. The summed E-state index contributed by atoms with van der Waals surface area (Å²) in [5.41, 5.74) is 9.66. The number of hydrogen-bond donors (Lipinski definition) is 1. The van der Waals surface area contributed by atoms with E-state index in [1.807, 2.05) is 0 Å². The second kappa shape index (κ2) is 5.55. The van der Waals surface area contributed by atoms with E-state index in [2.05, 4.69) is 70.4 Å². The van der Waals surface area contributed by atoms with E-state index in [4.69, 9.17) is 10.7 Å². The average Bonchev–Trinajstić information content (AvgIpc) is 2.75. The molecule has 3 heteroatoms. The predicted molar refractivity (Wildman–Crippen MR) is 90.5 cm³/mol. The van der Waals surface area contributed by atoms with Crippen LogP contribution in [-0.4, -0.2) is 9.55 Å². The molecule has 0 fully saturated rings. The second-order valence-corrected chi connectivity index (χ2v) is 6.94. The molecule has 0 aliphatic heterocycles. The van der Waals surface area contributed by atoms with Crippen LogP contribution >= 0.6 is 0 Å². The van der Waals surface area contributed by atoms with Crippen molar-refractivity contribution < 1.29 is 0 Å². The molecule has 0 aliphatic carbocycles. The Balaban J connectivity index is 2.52. The molecule has 0 aliphatic rings. The quantitative estimate of drug-likeness (QED) is 0.897. The van der Waals surface area contributed by atoms with Crippen molar-refractivity contribution >= 4 is 5.82 Å². The number of imidazole rings is 1. The topological polar surface area (TPSA) is 43.8 Å². The first-order valence-corrected chi connectivity index (χ1v) is 7.72. The van der Waals surface area contributed by atoms with Gasteiger partial charge in [-0.25, -0.2) is 4.98 Å². The first-order chi connectivity index (χ1) is 9.75. The standard InChI is InChI=1S/C18H27N3/c1-7-21-16(19)15(20-17(21)18(4,5)6)14-10-8-13(9-11-14)12(2)3/h8-12H,7,19H2,1-6H3. The molecule has 0 saturated carbocycles. The average molecular weight is 285 g/mol. The van der Waals surface area contributed by atoms with Crippen LogP contribution in [0.15, 0.2) is 24.3 Å². The van der Waals surface area contributed by atoms with Gasteiger partial charge in [0.2, 0.25) is 0 Å². The lowest BCUT2D eigenvalue weighted by Gasteiger charge is -2.19.